The van der Waals surface area contributed by atoms with Gasteiger partial charge in [0.2, 0.25) is 0 Å². The number of halogens is 2. The van der Waals surface area contributed by atoms with Crippen molar-refractivity contribution in [1.29, 1.82) is 0 Å². The summed E-state index contributed by atoms with van der Waals surface area (Å²) in [6, 6.07) is 27.9. The van der Waals surface area contributed by atoms with Gasteiger partial charge in [0.15, 0.2) is 0 Å². The normalized spacial score (nSPS) is 10.5. The molecule has 8 nitrogen and oxygen atoms in total. The van der Waals surface area contributed by atoms with Gasteiger partial charge in [0.25, 0.3) is 6.48 Å². The summed E-state index contributed by atoms with van der Waals surface area (Å²) < 4.78 is 24.5. The van der Waals surface area contributed by atoms with E-state index < -0.39 is 6.48 Å². The number of hydrogen-bond donors (Lipinski definition) is 2. The molecule has 0 fully saturated rings. The third kappa shape index (κ3) is 10.9. The number of nitrogen functional groups attached to an aromatic ring is 1. The lowest BCUT2D eigenvalue weighted by molar-refractivity contribution is -0.282. The zero-order valence-electron chi connectivity index (χ0n) is 25.7. The first-order valence-corrected chi connectivity index (χ1v) is 15.9. The summed E-state index contributed by atoms with van der Waals surface area (Å²) in [5.41, 5.74) is 13.0. The van der Waals surface area contributed by atoms with Gasteiger partial charge in [-0.25, -0.2) is 4.98 Å². The zero-order valence-corrected chi connectivity index (χ0v) is 28.9. The number of anilines is 3. The van der Waals surface area contributed by atoms with Crippen molar-refractivity contribution in [1.82, 2.24) is 9.55 Å². The summed E-state index contributed by atoms with van der Waals surface area (Å²) in [6.45, 7) is 9.19. The molecule has 1 heterocycles. The van der Waals surface area contributed by atoms with Crippen LogP contribution in [0.15, 0.2) is 100 Å². The van der Waals surface area contributed by atoms with Gasteiger partial charge in [0, 0.05) is 40.1 Å². The number of nitrogens with two attached hydrogens (primary N) is 1. The minimum atomic E-state index is -0.472. The highest BCUT2D eigenvalue weighted by Crippen LogP contribution is 2.27. The quantitative estimate of drug-likeness (QED) is 0.109. The van der Waals surface area contributed by atoms with Gasteiger partial charge in [-0.3, -0.25) is 4.57 Å². The van der Waals surface area contributed by atoms with Crippen LogP contribution in [-0.4, -0.2) is 43.0 Å². The first-order valence-electron chi connectivity index (χ1n) is 14.3. The first-order chi connectivity index (χ1) is 21.3. The Morgan fingerprint density at radius 2 is 1.39 bits per heavy atom. The van der Waals surface area contributed by atoms with Crippen molar-refractivity contribution in [2.24, 2.45) is 0 Å². The van der Waals surface area contributed by atoms with Gasteiger partial charge in [-0.2, -0.15) is 0 Å². The molecule has 0 saturated carbocycles. The van der Waals surface area contributed by atoms with Crippen molar-refractivity contribution in [3.8, 4) is 11.4 Å². The van der Waals surface area contributed by atoms with E-state index in [9.17, 15) is 0 Å². The van der Waals surface area contributed by atoms with E-state index in [1.54, 1.807) is 7.11 Å². The standard InChI is InChI=1S/C14H11BrN2.C13H13BrN2O.C7H16O3/c1-10-2-5-12(6-3-10)17-9-16-13-7-4-11(15)8-14(13)17;1-17-11-5-3-10(4-6-11)16-13-8-9(14)2-7-12(13)15;1-4-8-7(9-5-2)10-6-3/h2-9H,1H3;2-8,16H,15H2,1H3;7H,4-6H2,1-3H3. The van der Waals surface area contributed by atoms with Gasteiger partial charge in [-0.05, 0) is 100 Å². The van der Waals surface area contributed by atoms with Crippen LogP contribution in [0.1, 0.15) is 26.3 Å². The molecular formula is C34H40Br2N4O4. The maximum absolute atomic E-state index is 5.89. The largest absolute Gasteiger partial charge is 0.497 e. The molecule has 0 spiro atoms. The van der Waals surface area contributed by atoms with Gasteiger partial charge in [0.1, 0.15) is 12.1 Å². The SMILES string of the molecule is CCOC(OCC)OCC.COc1ccc(Nc2cc(Br)ccc2N)cc1.Cc1ccc(-n2cnc3ccc(Br)cc32)cc1. The molecule has 3 N–H and O–H groups in total. The number of methoxy groups -OCH3 is 1. The Morgan fingerprint density at radius 3 is 1.98 bits per heavy atom. The zero-order chi connectivity index (χ0) is 31.9. The van der Waals surface area contributed by atoms with E-state index in [4.69, 9.17) is 24.7 Å². The van der Waals surface area contributed by atoms with E-state index in [2.05, 4.69) is 84.0 Å². The molecule has 0 aliphatic rings. The lowest BCUT2D eigenvalue weighted by atomic mass is 10.2. The molecule has 0 radical (unpaired) electrons. The number of nitrogens with one attached hydrogen (secondary N) is 1. The predicted molar refractivity (Wildman–Crippen MR) is 187 cm³/mol. The molecule has 0 aliphatic heterocycles. The molecule has 5 rings (SSSR count). The minimum absolute atomic E-state index is 0.472. The molecule has 1 aromatic heterocycles. The van der Waals surface area contributed by atoms with Crippen molar-refractivity contribution >= 4 is 60.0 Å². The molecule has 0 aliphatic carbocycles. The topological polar surface area (TPSA) is 92.8 Å². The fourth-order valence-corrected chi connectivity index (χ4v) is 4.62. The molecule has 0 saturated heterocycles. The van der Waals surface area contributed by atoms with Gasteiger partial charge in [-0.1, -0.05) is 49.6 Å². The highest BCUT2D eigenvalue weighted by atomic mass is 79.9. The molecule has 4 aromatic carbocycles. The van der Waals surface area contributed by atoms with E-state index >= 15 is 0 Å². The maximum atomic E-state index is 5.89. The third-order valence-corrected chi connectivity index (χ3v) is 7.10. The molecule has 10 heteroatoms. The van der Waals surface area contributed by atoms with Crippen LogP contribution in [-0.2, 0) is 14.2 Å². The predicted octanol–water partition coefficient (Wildman–Crippen LogP) is 9.26. The molecule has 0 atom stereocenters. The first kappa shape index (κ1) is 35.1. The number of ether oxygens (including phenoxy) is 4. The van der Waals surface area contributed by atoms with Crippen LogP contribution in [0.4, 0.5) is 17.1 Å². The summed E-state index contributed by atoms with van der Waals surface area (Å²) in [5.74, 6) is 0.831. The number of rotatable bonds is 10. The molecule has 0 bridgehead atoms. The second-order valence-electron chi connectivity index (χ2n) is 9.32. The number of fused-ring (bicyclic) bond motifs is 1. The summed E-state index contributed by atoms with van der Waals surface area (Å²) in [6.07, 6.45) is 1.86. The van der Waals surface area contributed by atoms with Gasteiger partial charge in [0.05, 0.1) is 29.5 Å². The van der Waals surface area contributed by atoms with Crippen molar-refractivity contribution in [3.05, 3.63) is 106 Å². The molecule has 0 amide bonds. The van der Waals surface area contributed by atoms with Crippen LogP contribution in [0.25, 0.3) is 16.7 Å². The Bertz CT molecular complexity index is 1550. The van der Waals surface area contributed by atoms with Crippen LogP contribution in [0.3, 0.4) is 0 Å². The summed E-state index contributed by atoms with van der Waals surface area (Å²) in [5, 5.41) is 3.25. The Labute approximate surface area is 276 Å². The van der Waals surface area contributed by atoms with Crippen molar-refractivity contribution < 1.29 is 18.9 Å². The Kier molecular flexibility index (Phi) is 14.7. The van der Waals surface area contributed by atoms with Crippen LogP contribution < -0.4 is 15.8 Å². The fraction of sp³-hybridized carbons (Fsp3) is 0.265. The average molecular weight is 729 g/mol. The molecule has 0 unspecified atom stereocenters. The molecule has 234 valence electrons. The Hall–Kier alpha value is -3.41. The monoisotopic (exact) mass is 726 g/mol. The minimum Gasteiger partial charge on any atom is -0.497 e. The third-order valence-electron chi connectivity index (χ3n) is 6.11. The lowest BCUT2D eigenvalue weighted by Gasteiger charge is -2.15. The molecule has 5 aromatic rings. The van der Waals surface area contributed by atoms with E-state index in [1.165, 1.54) is 5.56 Å². The Balaban J connectivity index is 0.000000188. The van der Waals surface area contributed by atoms with E-state index in [0.717, 1.165) is 42.8 Å². The lowest BCUT2D eigenvalue weighted by Crippen LogP contribution is -2.20. The second-order valence-corrected chi connectivity index (χ2v) is 11.2. The number of aromatic nitrogens is 2. The highest BCUT2D eigenvalue weighted by molar-refractivity contribution is 9.10. The van der Waals surface area contributed by atoms with Crippen molar-refractivity contribution in [3.63, 3.8) is 0 Å². The Morgan fingerprint density at radius 1 is 0.795 bits per heavy atom. The van der Waals surface area contributed by atoms with Crippen LogP contribution in [0.5, 0.6) is 5.75 Å². The number of benzene rings is 4. The average Bonchev–Trinajstić information content (AvgIpc) is 3.44. The van der Waals surface area contributed by atoms with E-state index in [-0.39, 0.29) is 0 Å². The second kappa shape index (κ2) is 18.4. The summed E-state index contributed by atoms with van der Waals surface area (Å²) in [4.78, 5) is 4.40. The number of nitrogens with zero attached hydrogens (tertiary/aromatic N) is 2. The van der Waals surface area contributed by atoms with Crippen LogP contribution >= 0.6 is 31.9 Å². The smallest absolute Gasteiger partial charge is 0.271 e. The molecule has 44 heavy (non-hydrogen) atoms. The van der Waals surface area contributed by atoms with Gasteiger partial charge < -0.3 is 30.0 Å². The van der Waals surface area contributed by atoms with E-state index in [0.29, 0.717) is 25.5 Å². The highest BCUT2D eigenvalue weighted by Gasteiger charge is 2.06. The van der Waals surface area contributed by atoms with Crippen LogP contribution in [0.2, 0.25) is 0 Å². The fourth-order valence-electron chi connectivity index (χ4n) is 3.91. The van der Waals surface area contributed by atoms with Gasteiger partial charge >= 0.3 is 0 Å². The summed E-state index contributed by atoms with van der Waals surface area (Å²) in [7, 11) is 1.65. The van der Waals surface area contributed by atoms with Gasteiger partial charge in [-0.15, -0.1) is 0 Å². The number of imidazole rings is 1. The van der Waals surface area contributed by atoms with E-state index in [1.807, 2.05) is 81.7 Å². The summed E-state index contributed by atoms with van der Waals surface area (Å²) >= 11 is 6.91. The number of hydrogen-bond acceptors (Lipinski definition) is 7. The number of aryl methyl sites for hydroxylation is 1. The van der Waals surface area contributed by atoms with Crippen LogP contribution in [0, 0.1) is 6.92 Å². The van der Waals surface area contributed by atoms with Crippen molar-refractivity contribution in [2.75, 3.05) is 38.0 Å². The maximum Gasteiger partial charge on any atom is 0.271 e. The molecular weight excluding hydrogens is 688 g/mol. The van der Waals surface area contributed by atoms with Crippen molar-refractivity contribution in [2.45, 2.75) is 34.2 Å².